The second kappa shape index (κ2) is 9.26. The number of carbonyl (C=O) groups excluding carboxylic acids is 1. The second-order valence-corrected chi connectivity index (χ2v) is 6.82. The van der Waals surface area contributed by atoms with Crippen molar-refractivity contribution in [1.82, 2.24) is 9.78 Å². The summed E-state index contributed by atoms with van der Waals surface area (Å²) in [6, 6.07) is 16.2. The maximum Gasteiger partial charge on any atom is 0.279 e. The number of nitrogens with one attached hydrogen (secondary N) is 1. The molecule has 0 unspecified atom stereocenters. The summed E-state index contributed by atoms with van der Waals surface area (Å²) in [5.74, 6) is -0.330. The van der Waals surface area contributed by atoms with E-state index in [0.29, 0.717) is 11.4 Å². The number of hydrogen-bond donors (Lipinski definition) is 1. The van der Waals surface area contributed by atoms with Crippen LogP contribution in [-0.4, -0.2) is 35.9 Å². The Balaban J connectivity index is 1.90. The largest absolute Gasteiger partial charge is 0.494 e. The van der Waals surface area contributed by atoms with Gasteiger partial charge in [0.1, 0.15) is 0 Å². The number of methoxy groups -OCH3 is 1. The lowest BCUT2D eigenvalue weighted by molar-refractivity contribution is 0.101. The molecule has 0 radical (unpaired) electrons. The molecule has 0 fully saturated rings. The van der Waals surface area contributed by atoms with Crippen LogP contribution in [0.4, 0.5) is 11.4 Å². The van der Waals surface area contributed by atoms with Gasteiger partial charge in [-0.25, -0.2) is 0 Å². The van der Waals surface area contributed by atoms with Gasteiger partial charge in [0.05, 0.1) is 18.9 Å². The molecule has 0 saturated heterocycles. The van der Waals surface area contributed by atoms with Crippen LogP contribution in [0.15, 0.2) is 59.4 Å². The summed E-state index contributed by atoms with van der Waals surface area (Å²) in [4.78, 5) is 27.6. The SMILES string of the molecule is CCN(CC)c1ccc(NC(=O)c2nn(-c3ccc(C)cc3)c(=O)cc2OC)cc1. The van der Waals surface area contributed by atoms with Crippen molar-refractivity contribution in [3.63, 3.8) is 0 Å². The zero-order valence-corrected chi connectivity index (χ0v) is 17.7. The van der Waals surface area contributed by atoms with Gasteiger partial charge in [-0.15, -0.1) is 0 Å². The van der Waals surface area contributed by atoms with Crippen molar-refractivity contribution < 1.29 is 9.53 Å². The molecule has 7 nitrogen and oxygen atoms in total. The molecule has 0 atom stereocenters. The molecule has 156 valence electrons. The lowest BCUT2D eigenvalue weighted by Gasteiger charge is -2.21. The first-order valence-corrected chi connectivity index (χ1v) is 9.88. The highest BCUT2D eigenvalue weighted by atomic mass is 16.5. The topological polar surface area (TPSA) is 76.5 Å². The lowest BCUT2D eigenvalue weighted by Crippen LogP contribution is -2.26. The summed E-state index contributed by atoms with van der Waals surface area (Å²) < 4.78 is 6.43. The number of rotatable bonds is 7. The van der Waals surface area contributed by atoms with Crippen molar-refractivity contribution in [3.05, 3.63) is 76.2 Å². The average molecular weight is 406 g/mol. The molecule has 0 aliphatic carbocycles. The fourth-order valence-electron chi connectivity index (χ4n) is 3.16. The van der Waals surface area contributed by atoms with E-state index in [4.69, 9.17) is 4.74 Å². The molecule has 1 aromatic heterocycles. The number of aryl methyl sites for hydroxylation is 1. The highest BCUT2D eigenvalue weighted by Gasteiger charge is 2.18. The van der Waals surface area contributed by atoms with Crippen LogP contribution >= 0.6 is 0 Å². The number of benzene rings is 2. The minimum absolute atomic E-state index is 0.0329. The third-order valence-electron chi connectivity index (χ3n) is 4.86. The van der Waals surface area contributed by atoms with Crippen molar-refractivity contribution >= 4 is 17.3 Å². The van der Waals surface area contributed by atoms with Gasteiger partial charge in [-0.2, -0.15) is 9.78 Å². The van der Waals surface area contributed by atoms with Gasteiger partial charge in [-0.05, 0) is 57.2 Å². The minimum atomic E-state index is -0.455. The third kappa shape index (κ3) is 4.51. The molecular weight excluding hydrogens is 380 g/mol. The van der Waals surface area contributed by atoms with Crippen molar-refractivity contribution in [2.24, 2.45) is 0 Å². The number of hydrogen-bond acceptors (Lipinski definition) is 5. The van der Waals surface area contributed by atoms with Crippen LogP contribution < -0.4 is 20.5 Å². The Hall–Kier alpha value is -3.61. The molecule has 1 N–H and O–H groups in total. The number of anilines is 2. The van der Waals surface area contributed by atoms with Gasteiger partial charge in [0.25, 0.3) is 11.5 Å². The first-order valence-electron chi connectivity index (χ1n) is 9.88. The molecule has 3 aromatic rings. The molecule has 1 heterocycles. The van der Waals surface area contributed by atoms with Gasteiger partial charge >= 0.3 is 0 Å². The molecule has 2 aromatic carbocycles. The van der Waals surface area contributed by atoms with Crippen molar-refractivity contribution in [1.29, 1.82) is 0 Å². The van der Waals surface area contributed by atoms with E-state index in [0.717, 1.165) is 24.3 Å². The van der Waals surface area contributed by atoms with Gasteiger partial charge < -0.3 is 15.0 Å². The quantitative estimate of drug-likeness (QED) is 0.648. The highest BCUT2D eigenvalue weighted by molar-refractivity contribution is 6.04. The molecule has 0 spiro atoms. The van der Waals surface area contributed by atoms with Crippen molar-refractivity contribution in [3.8, 4) is 11.4 Å². The fourth-order valence-corrected chi connectivity index (χ4v) is 3.16. The van der Waals surface area contributed by atoms with Crippen molar-refractivity contribution in [2.75, 3.05) is 30.4 Å². The van der Waals surface area contributed by atoms with Crippen LogP contribution in [0.2, 0.25) is 0 Å². The maximum atomic E-state index is 12.9. The zero-order valence-electron chi connectivity index (χ0n) is 17.7. The van der Waals surface area contributed by atoms with Crippen LogP contribution in [-0.2, 0) is 0 Å². The maximum absolute atomic E-state index is 12.9. The summed E-state index contributed by atoms with van der Waals surface area (Å²) in [5, 5.41) is 7.10. The van der Waals surface area contributed by atoms with Gasteiger partial charge in [-0.3, -0.25) is 9.59 Å². The number of amides is 1. The normalized spacial score (nSPS) is 10.5. The Morgan fingerprint density at radius 3 is 2.27 bits per heavy atom. The summed E-state index contributed by atoms with van der Waals surface area (Å²) in [5.41, 5.74) is 3.01. The summed E-state index contributed by atoms with van der Waals surface area (Å²) in [6.45, 7) is 7.96. The Morgan fingerprint density at radius 1 is 1.07 bits per heavy atom. The predicted molar refractivity (Wildman–Crippen MR) is 119 cm³/mol. The van der Waals surface area contributed by atoms with E-state index >= 15 is 0 Å². The molecule has 3 rings (SSSR count). The number of nitrogens with zero attached hydrogens (tertiary/aromatic N) is 3. The first kappa shape index (κ1) is 21.1. The standard InChI is InChI=1S/C23H26N4O3/c1-5-26(6-2)18-13-9-17(10-14-18)24-23(29)22-20(30-4)15-21(28)27(25-22)19-11-7-16(3)8-12-19/h7-15H,5-6H2,1-4H3,(H,24,29). The zero-order chi connectivity index (χ0) is 21.7. The molecule has 30 heavy (non-hydrogen) atoms. The molecule has 0 aliphatic heterocycles. The number of carbonyl (C=O) groups is 1. The van der Waals surface area contributed by atoms with E-state index < -0.39 is 5.91 Å². The van der Waals surface area contributed by atoms with Gasteiger partial charge in [-0.1, -0.05) is 17.7 Å². The average Bonchev–Trinajstić information content (AvgIpc) is 2.76. The van der Waals surface area contributed by atoms with Crippen LogP contribution in [0.5, 0.6) is 5.75 Å². The van der Waals surface area contributed by atoms with Gasteiger partial charge in [0.15, 0.2) is 11.4 Å². The second-order valence-electron chi connectivity index (χ2n) is 6.82. The number of aromatic nitrogens is 2. The fraction of sp³-hybridized carbons (Fsp3) is 0.261. The monoisotopic (exact) mass is 406 g/mol. The molecule has 7 heteroatoms. The van der Waals surface area contributed by atoms with Crippen LogP contribution in [0, 0.1) is 6.92 Å². The van der Waals surface area contributed by atoms with Crippen LogP contribution in [0.1, 0.15) is 29.9 Å². The Labute approximate surface area is 175 Å². The molecule has 0 saturated carbocycles. The summed E-state index contributed by atoms with van der Waals surface area (Å²) in [6.07, 6.45) is 0. The lowest BCUT2D eigenvalue weighted by atomic mass is 10.2. The minimum Gasteiger partial charge on any atom is -0.494 e. The van der Waals surface area contributed by atoms with Crippen LogP contribution in [0.3, 0.4) is 0 Å². The third-order valence-corrected chi connectivity index (χ3v) is 4.86. The van der Waals surface area contributed by atoms with E-state index in [1.165, 1.54) is 17.9 Å². The first-order chi connectivity index (χ1) is 14.5. The summed E-state index contributed by atoms with van der Waals surface area (Å²) in [7, 11) is 1.41. The van der Waals surface area contributed by atoms with E-state index in [2.05, 4.69) is 29.2 Å². The van der Waals surface area contributed by atoms with Crippen molar-refractivity contribution in [2.45, 2.75) is 20.8 Å². The number of ether oxygens (including phenoxy) is 1. The predicted octanol–water partition coefficient (Wildman–Crippen LogP) is 3.65. The van der Waals surface area contributed by atoms with E-state index in [1.54, 1.807) is 12.1 Å². The Kier molecular flexibility index (Phi) is 6.51. The Morgan fingerprint density at radius 2 is 1.70 bits per heavy atom. The highest BCUT2D eigenvalue weighted by Crippen LogP contribution is 2.20. The Bertz CT molecular complexity index is 1070. The molecule has 0 aliphatic rings. The van der Waals surface area contributed by atoms with E-state index in [1.807, 2.05) is 43.3 Å². The van der Waals surface area contributed by atoms with Crippen LogP contribution in [0.25, 0.3) is 5.69 Å². The molecule has 0 bridgehead atoms. The smallest absolute Gasteiger partial charge is 0.279 e. The van der Waals surface area contributed by atoms with Gasteiger partial charge in [0, 0.05) is 24.5 Å². The van der Waals surface area contributed by atoms with E-state index in [9.17, 15) is 9.59 Å². The molecular formula is C23H26N4O3. The van der Waals surface area contributed by atoms with Gasteiger partial charge in [0.2, 0.25) is 0 Å². The summed E-state index contributed by atoms with van der Waals surface area (Å²) >= 11 is 0. The van der Waals surface area contributed by atoms with E-state index in [-0.39, 0.29) is 17.0 Å². The molecule has 1 amide bonds.